The summed E-state index contributed by atoms with van der Waals surface area (Å²) in [5.74, 6) is 0.502. The van der Waals surface area contributed by atoms with Crippen LogP contribution in [0.15, 0.2) is 30.5 Å². The lowest BCUT2D eigenvalue weighted by Gasteiger charge is -2.07. The summed E-state index contributed by atoms with van der Waals surface area (Å²) in [5, 5.41) is 17.0. The first kappa shape index (κ1) is 12.8. The van der Waals surface area contributed by atoms with E-state index in [9.17, 15) is 0 Å². The van der Waals surface area contributed by atoms with E-state index < -0.39 is 0 Å². The molecule has 18 heavy (non-hydrogen) atoms. The molecule has 0 radical (unpaired) electrons. The van der Waals surface area contributed by atoms with E-state index in [-0.39, 0.29) is 6.61 Å². The maximum atomic E-state index is 8.79. The fourth-order valence-corrected chi connectivity index (χ4v) is 1.83. The number of aliphatic hydroxyl groups is 1. The SMILES string of the molecule is CC(C)c1cccc(-n2cc(CCCO)nn2)c1. The van der Waals surface area contributed by atoms with Gasteiger partial charge in [0.25, 0.3) is 0 Å². The molecule has 2 aromatic rings. The molecule has 0 aliphatic heterocycles. The highest BCUT2D eigenvalue weighted by molar-refractivity contribution is 5.36. The van der Waals surface area contributed by atoms with Crippen molar-refractivity contribution in [2.75, 3.05) is 6.61 Å². The first-order valence-electron chi connectivity index (χ1n) is 6.33. The van der Waals surface area contributed by atoms with Crippen LogP contribution in [0.1, 0.15) is 37.4 Å². The van der Waals surface area contributed by atoms with E-state index in [0.717, 1.165) is 24.2 Å². The molecule has 4 heteroatoms. The van der Waals surface area contributed by atoms with Gasteiger partial charge >= 0.3 is 0 Å². The zero-order valence-corrected chi connectivity index (χ0v) is 10.9. The Labute approximate surface area is 107 Å². The van der Waals surface area contributed by atoms with Crippen molar-refractivity contribution in [2.24, 2.45) is 0 Å². The number of hydrogen-bond donors (Lipinski definition) is 1. The number of aliphatic hydroxyl groups excluding tert-OH is 1. The van der Waals surface area contributed by atoms with Crippen molar-refractivity contribution >= 4 is 0 Å². The second-order valence-corrected chi connectivity index (χ2v) is 4.73. The van der Waals surface area contributed by atoms with E-state index in [1.807, 2.05) is 18.3 Å². The van der Waals surface area contributed by atoms with Gasteiger partial charge in [-0.3, -0.25) is 0 Å². The third-order valence-electron chi connectivity index (χ3n) is 2.93. The molecule has 1 N–H and O–H groups in total. The van der Waals surface area contributed by atoms with Crippen molar-refractivity contribution in [2.45, 2.75) is 32.6 Å². The highest BCUT2D eigenvalue weighted by Gasteiger charge is 2.05. The lowest BCUT2D eigenvalue weighted by Crippen LogP contribution is -1.97. The van der Waals surface area contributed by atoms with Gasteiger partial charge in [0, 0.05) is 6.61 Å². The molecule has 0 aliphatic rings. The Morgan fingerprint density at radius 2 is 2.17 bits per heavy atom. The van der Waals surface area contributed by atoms with Crippen LogP contribution in [0.2, 0.25) is 0 Å². The van der Waals surface area contributed by atoms with Crippen LogP contribution in [0.5, 0.6) is 0 Å². The van der Waals surface area contributed by atoms with E-state index in [2.05, 4.69) is 36.3 Å². The summed E-state index contributed by atoms with van der Waals surface area (Å²) in [5.41, 5.74) is 3.24. The van der Waals surface area contributed by atoms with E-state index in [4.69, 9.17) is 5.11 Å². The van der Waals surface area contributed by atoms with E-state index >= 15 is 0 Å². The van der Waals surface area contributed by atoms with Crippen LogP contribution in [0.4, 0.5) is 0 Å². The van der Waals surface area contributed by atoms with Crippen molar-refractivity contribution in [3.8, 4) is 5.69 Å². The van der Waals surface area contributed by atoms with Crippen LogP contribution in [-0.2, 0) is 6.42 Å². The van der Waals surface area contributed by atoms with Gasteiger partial charge in [-0.1, -0.05) is 31.2 Å². The summed E-state index contributed by atoms with van der Waals surface area (Å²) >= 11 is 0. The second kappa shape index (κ2) is 5.78. The third kappa shape index (κ3) is 2.96. The number of aromatic nitrogens is 3. The lowest BCUT2D eigenvalue weighted by molar-refractivity contribution is 0.288. The van der Waals surface area contributed by atoms with Gasteiger partial charge in [0.05, 0.1) is 17.6 Å². The molecule has 96 valence electrons. The van der Waals surface area contributed by atoms with Gasteiger partial charge in [-0.15, -0.1) is 5.10 Å². The topological polar surface area (TPSA) is 50.9 Å². The third-order valence-corrected chi connectivity index (χ3v) is 2.93. The summed E-state index contributed by atoms with van der Waals surface area (Å²) in [4.78, 5) is 0. The predicted molar refractivity (Wildman–Crippen MR) is 70.9 cm³/mol. The van der Waals surface area contributed by atoms with Gasteiger partial charge in [0.15, 0.2) is 0 Å². The first-order chi connectivity index (χ1) is 8.70. The number of nitrogens with zero attached hydrogens (tertiary/aromatic N) is 3. The van der Waals surface area contributed by atoms with Crippen LogP contribution in [-0.4, -0.2) is 26.7 Å². The van der Waals surface area contributed by atoms with Gasteiger partial charge in [-0.25, -0.2) is 4.68 Å². The first-order valence-corrected chi connectivity index (χ1v) is 6.33. The molecule has 1 aromatic carbocycles. The molecular formula is C14H19N3O. The Morgan fingerprint density at radius 3 is 2.89 bits per heavy atom. The normalized spacial score (nSPS) is 11.1. The zero-order chi connectivity index (χ0) is 13.0. The molecule has 0 saturated heterocycles. The summed E-state index contributed by atoms with van der Waals surface area (Å²) in [7, 11) is 0. The second-order valence-electron chi connectivity index (χ2n) is 4.73. The van der Waals surface area contributed by atoms with Crippen LogP contribution in [0, 0.1) is 0 Å². The molecular weight excluding hydrogens is 226 g/mol. The summed E-state index contributed by atoms with van der Waals surface area (Å²) in [6.07, 6.45) is 3.42. The minimum Gasteiger partial charge on any atom is -0.396 e. The minimum atomic E-state index is 0.190. The monoisotopic (exact) mass is 245 g/mol. The number of aryl methyl sites for hydroxylation is 1. The van der Waals surface area contributed by atoms with Crippen LogP contribution < -0.4 is 0 Å². The molecule has 0 bridgehead atoms. The van der Waals surface area contributed by atoms with E-state index in [0.29, 0.717) is 5.92 Å². The van der Waals surface area contributed by atoms with Crippen molar-refractivity contribution in [3.63, 3.8) is 0 Å². The molecule has 0 saturated carbocycles. The minimum absolute atomic E-state index is 0.190. The number of benzene rings is 1. The van der Waals surface area contributed by atoms with Gasteiger partial charge in [-0.05, 0) is 36.5 Å². The number of rotatable bonds is 5. The number of hydrogen-bond acceptors (Lipinski definition) is 3. The Balaban J connectivity index is 2.20. The molecule has 0 spiro atoms. The molecule has 0 aliphatic carbocycles. The maximum Gasteiger partial charge on any atom is 0.0832 e. The summed E-state index contributed by atoms with van der Waals surface area (Å²) < 4.78 is 1.79. The summed E-state index contributed by atoms with van der Waals surface area (Å²) in [6.45, 7) is 4.54. The van der Waals surface area contributed by atoms with Gasteiger partial charge in [-0.2, -0.15) is 0 Å². The fourth-order valence-electron chi connectivity index (χ4n) is 1.83. The molecule has 1 heterocycles. The van der Waals surface area contributed by atoms with Crippen molar-refractivity contribution in [1.29, 1.82) is 0 Å². The Bertz CT molecular complexity index is 505. The predicted octanol–water partition coefficient (Wildman–Crippen LogP) is 2.32. The van der Waals surface area contributed by atoms with Gasteiger partial charge < -0.3 is 5.11 Å². The highest BCUT2D eigenvalue weighted by atomic mass is 16.2. The van der Waals surface area contributed by atoms with E-state index in [1.165, 1.54) is 5.56 Å². The van der Waals surface area contributed by atoms with E-state index in [1.54, 1.807) is 4.68 Å². The molecule has 0 fully saturated rings. The largest absolute Gasteiger partial charge is 0.396 e. The van der Waals surface area contributed by atoms with Crippen molar-refractivity contribution in [3.05, 3.63) is 41.7 Å². The molecule has 4 nitrogen and oxygen atoms in total. The van der Waals surface area contributed by atoms with Crippen molar-refractivity contribution in [1.82, 2.24) is 15.0 Å². The lowest BCUT2D eigenvalue weighted by atomic mass is 10.0. The molecule has 1 aromatic heterocycles. The van der Waals surface area contributed by atoms with Crippen molar-refractivity contribution < 1.29 is 5.11 Å². The maximum absolute atomic E-state index is 8.79. The van der Waals surface area contributed by atoms with Crippen LogP contribution in [0.3, 0.4) is 0 Å². The summed E-state index contributed by atoms with van der Waals surface area (Å²) in [6, 6.07) is 8.32. The van der Waals surface area contributed by atoms with Crippen LogP contribution >= 0.6 is 0 Å². The molecule has 0 atom stereocenters. The molecule has 0 amide bonds. The molecule has 2 rings (SSSR count). The zero-order valence-electron chi connectivity index (χ0n) is 10.9. The van der Waals surface area contributed by atoms with Gasteiger partial charge in [0.1, 0.15) is 0 Å². The quantitative estimate of drug-likeness (QED) is 0.879. The standard InChI is InChI=1S/C14H19N3O/c1-11(2)12-5-3-7-14(9-12)17-10-13(15-16-17)6-4-8-18/h3,5,7,9-11,18H,4,6,8H2,1-2H3. The Morgan fingerprint density at radius 1 is 1.33 bits per heavy atom. The Hall–Kier alpha value is -1.68. The average Bonchev–Trinajstić information content (AvgIpc) is 2.85. The fraction of sp³-hybridized carbons (Fsp3) is 0.429. The highest BCUT2D eigenvalue weighted by Crippen LogP contribution is 2.17. The smallest absolute Gasteiger partial charge is 0.0832 e. The Kier molecular flexibility index (Phi) is 4.10. The van der Waals surface area contributed by atoms with Crippen LogP contribution in [0.25, 0.3) is 5.69 Å². The average molecular weight is 245 g/mol. The molecule has 0 unspecified atom stereocenters. The van der Waals surface area contributed by atoms with Gasteiger partial charge in [0.2, 0.25) is 0 Å².